The average Bonchev–Trinajstić information content (AvgIpc) is 2.75. The standard InChI is InChI=1S/C24H29N3O3/c1-30-22-12-10-17(11-13-22)24(29)26-19-14-20-8-5-9-21(15-19)27(20)16-23(28)25-18-6-3-2-4-7-18/h2-4,6-7,10-13,19-21H,5,8-9,14-16H2,1H3,(H,25,28)(H,26,29). The van der Waals surface area contributed by atoms with Crippen LogP contribution in [-0.2, 0) is 4.79 Å². The summed E-state index contributed by atoms with van der Waals surface area (Å²) in [4.78, 5) is 27.6. The number of carbonyl (C=O) groups is 2. The van der Waals surface area contributed by atoms with Gasteiger partial charge in [-0.3, -0.25) is 14.5 Å². The van der Waals surface area contributed by atoms with E-state index < -0.39 is 0 Å². The first-order valence-corrected chi connectivity index (χ1v) is 10.7. The number of fused-ring (bicyclic) bond motifs is 2. The quantitative estimate of drug-likeness (QED) is 0.770. The molecule has 2 heterocycles. The van der Waals surface area contributed by atoms with Crippen LogP contribution in [0.25, 0.3) is 0 Å². The highest BCUT2D eigenvalue weighted by Crippen LogP contribution is 2.34. The molecule has 2 amide bonds. The molecule has 2 atom stereocenters. The van der Waals surface area contributed by atoms with E-state index in [1.165, 1.54) is 6.42 Å². The second-order valence-electron chi connectivity index (χ2n) is 8.20. The van der Waals surface area contributed by atoms with Crippen molar-refractivity contribution in [2.75, 3.05) is 19.0 Å². The molecule has 0 radical (unpaired) electrons. The molecule has 2 aromatic rings. The Morgan fingerprint density at radius 3 is 2.30 bits per heavy atom. The predicted molar refractivity (Wildman–Crippen MR) is 117 cm³/mol. The van der Waals surface area contributed by atoms with E-state index in [1.54, 1.807) is 31.4 Å². The molecule has 30 heavy (non-hydrogen) atoms. The number of benzene rings is 2. The second-order valence-corrected chi connectivity index (χ2v) is 8.20. The fraction of sp³-hybridized carbons (Fsp3) is 0.417. The lowest BCUT2D eigenvalue weighted by Crippen LogP contribution is -2.58. The fourth-order valence-corrected chi connectivity index (χ4v) is 4.75. The van der Waals surface area contributed by atoms with Crippen LogP contribution in [0, 0.1) is 0 Å². The Labute approximate surface area is 177 Å². The molecule has 2 N–H and O–H groups in total. The highest BCUT2D eigenvalue weighted by molar-refractivity contribution is 5.94. The number of amides is 2. The number of piperidine rings is 2. The Morgan fingerprint density at radius 1 is 1.00 bits per heavy atom. The smallest absolute Gasteiger partial charge is 0.251 e. The zero-order valence-corrected chi connectivity index (χ0v) is 17.3. The normalized spacial score (nSPS) is 23.4. The fourth-order valence-electron chi connectivity index (χ4n) is 4.75. The first-order chi connectivity index (χ1) is 14.6. The van der Waals surface area contributed by atoms with Crippen molar-refractivity contribution in [3.05, 3.63) is 60.2 Å². The summed E-state index contributed by atoms with van der Waals surface area (Å²) >= 11 is 0. The van der Waals surface area contributed by atoms with Gasteiger partial charge in [0.25, 0.3) is 5.91 Å². The van der Waals surface area contributed by atoms with Crippen LogP contribution < -0.4 is 15.4 Å². The molecule has 2 saturated heterocycles. The van der Waals surface area contributed by atoms with Gasteiger partial charge in [0.2, 0.25) is 5.91 Å². The van der Waals surface area contributed by atoms with Gasteiger partial charge in [-0.2, -0.15) is 0 Å². The summed E-state index contributed by atoms with van der Waals surface area (Å²) in [5.74, 6) is 0.720. The third-order valence-corrected chi connectivity index (χ3v) is 6.20. The maximum absolute atomic E-state index is 12.7. The molecule has 2 fully saturated rings. The van der Waals surface area contributed by atoms with Crippen LogP contribution in [-0.4, -0.2) is 48.5 Å². The van der Waals surface area contributed by atoms with Gasteiger partial charge >= 0.3 is 0 Å². The van der Waals surface area contributed by atoms with E-state index in [1.807, 2.05) is 30.3 Å². The van der Waals surface area contributed by atoms with Crippen LogP contribution in [0.4, 0.5) is 5.69 Å². The number of para-hydroxylation sites is 1. The number of methoxy groups -OCH3 is 1. The molecule has 0 aromatic heterocycles. The van der Waals surface area contributed by atoms with Crippen molar-refractivity contribution in [2.45, 2.75) is 50.2 Å². The van der Waals surface area contributed by atoms with E-state index in [4.69, 9.17) is 4.74 Å². The van der Waals surface area contributed by atoms with Crippen LogP contribution in [0.3, 0.4) is 0 Å². The van der Waals surface area contributed by atoms with Gasteiger partial charge in [0, 0.05) is 29.4 Å². The van der Waals surface area contributed by atoms with Crippen LogP contribution in [0.1, 0.15) is 42.5 Å². The maximum atomic E-state index is 12.7. The van der Waals surface area contributed by atoms with Crippen LogP contribution in [0.5, 0.6) is 5.75 Å². The first-order valence-electron chi connectivity index (χ1n) is 10.7. The third-order valence-electron chi connectivity index (χ3n) is 6.20. The molecule has 0 spiro atoms. The van der Waals surface area contributed by atoms with Gasteiger partial charge in [0.15, 0.2) is 0 Å². The lowest BCUT2D eigenvalue weighted by Gasteiger charge is -2.48. The molecule has 2 aromatic carbocycles. The van der Waals surface area contributed by atoms with E-state index in [2.05, 4.69) is 15.5 Å². The SMILES string of the molecule is COc1ccc(C(=O)NC2CC3CCCC(C2)N3CC(=O)Nc2ccccc2)cc1. The number of carbonyl (C=O) groups excluding carboxylic acids is 2. The lowest BCUT2D eigenvalue weighted by atomic mass is 9.81. The summed E-state index contributed by atoms with van der Waals surface area (Å²) in [6.07, 6.45) is 5.10. The van der Waals surface area contributed by atoms with Crippen molar-refractivity contribution in [2.24, 2.45) is 0 Å². The van der Waals surface area contributed by atoms with Gasteiger partial charge in [-0.25, -0.2) is 0 Å². The van der Waals surface area contributed by atoms with Gasteiger partial charge in [0.05, 0.1) is 13.7 Å². The summed E-state index contributed by atoms with van der Waals surface area (Å²) in [6.45, 7) is 0.406. The molecule has 0 aliphatic carbocycles. The largest absolute Gasteiger partial charge is 0.497 e. The second kappa shape index (κ2) is 9.30. The number of hydrogen-bond donors (Lipinski definition) is 2. The minimum atomic E-state index is -0.0454. The zero-order chi connectivity index (χ0) is 20.9. The van der Waals surface area contributed by atoms with Gasteiger partial charge in [-0.1, -0.05) is 24.6 Å². The topological polar surface area (TPSA) is 70.7 Å². The molecule has 2 aliphatic heterocycles. The van der Waals surface area contributed by atoms with Crippen molar-refractivity contribution >= 4 is 17.5 Å². The van der Waals surface area contributed by atoms with Crippen LogP contribution in [0.2, 0.25) is 0 Å². The van der Waals surface area contributed by atoms with E-state index in [-0.39, 0.29) is 17.9 Å². The molecule has 6 heteroatoms. The van der Waals surface area contributed by atoms with E-state index in [0.29, 0.717) is 24.2 Å². The van der Waals surface area contributed by atoms with Gasteiger partial charge in [-0.15, -0.1) is 0 Å². The zero-order valence-electron chi connectivity index (χ0n) is 17.3. The van der Waals surface area contributed by atoms with Gasteiger partial charge in [-0.05, 0) is 62.1 Å². The van der Waals surface area contributed by atoms with Crippen LogP contribution in [0.15, 0.2) is 54.6 Å². The summed E-state index contributed by atoms with van der Waals surface area (Å²) < 4.78 is 5.16. The van der Waals surface area contributed by atoms with Crippen molar-refractivity contribution in [1.29, 1.82) is 0 Å². The summed E-state index contributed by atoms with van der Waals surface area (Å²) in [5, 5.41) is 6.20. The van der Waals surface area contributed by atoms with Crippen molar-refractivity contribution in [1.82, 2.24) is 10.2 Å². The highest BCUT2D eigenvalue weighted by Gasteiger charge is 2.39. The number of nitrogens with one attached hydrogen (secondary N) is 2. The van der Waals surface area contributed by atoms with Gasteiger partial charge in [0.1, 0.15) is 5.75 Å². The monoisotopic (exact) mass is 407 g/mol. The average molecular weight is 408 g/mol. The molecule has 2 aliphatic rings. The third kappa shape index (κ3) is 4.82. The van der Waals surface area contributed by atoms with E-state index >= 15 is 0 Å². The Bertz CT molecular complexity index is 855. The predicted octanol–water partition coefficient (Wildman–Crippen LogP) is 3.45. The van der Waals surface area contributed by atoms with Crippen molar-refractivity contribution in [3.8, 4) is 5.75 Å². The van der Waals surface area contributed by atoms with Crippen molar-refractivity contribution < 1.29 is 14.3 Å². The molecule has 0 saturated carbocycles. The van der Waals surface area contributed by atoms with Gasteiger partial charge < -0.3 is 15.4 Å². The molecule has 2 unspecified atom stereocenters. The Kier molecular flexibility index (Phi) is 6.33. The number of rotatable bonds is 6. The van der Waals surface area contributed by atoms with E-state index in [9.17, 15) is 9.59 Å². The summed E-state index contributed by atoms with van der Waals surface area (Å²) in [6, 6.07) is 17.6. The summed E-state index contributed by atoms with van der Waals surface area (Å²) in [5.41, 5.74) is 1.47. The summed E-state index contributed by atoms with van der Waals surface area (Å²) in [7, 11) is 1.61. The maximum Gasteiger partial charge on any atom is 0.251 e. The minimum Gasteiger partial charge on any atom is -0.497 e. The number of nitrogens with zero attached hydrogens (tertiary/aromatic N) is 1. The molecule has 158 valence electrons. The molecule has 2 bridgehead atoms. The van der Waals surface area contributed by atoms with Crippen LogP contribution >= 0.6 is 0 Å². The highest BCUT2D eigenvalue weighted by atomic mass is 16.5. The molecule has 6 nitrogen and oxygen atoms in total. The number of hydrogen-bond acceptors (Lipinski definition) is 4. The molecular formula is C24H29N3O3. The number of ether oxygens (including phenoxy) is 1. The lowest BCUT2D eigenvalue weighted by molar-refractivity contribution is -0.120. The Hall–Kier alpha value is -2.86. The molecule has 4 rings (SSSR count). The van der Waals surface area contributed by atoms with E-state index in [0.717, 1.165) is 37.1 Å². The first kappa shape index (κ1) is 20.4. The Balaban J connectivity index is 1.34. The Morgan fingerprint density at radius 2 is 1.67 bits per heavy atom. The minimum absolute atomic E-state index is 0.0267. The van der Waals surface area contributed by atoms with Crippen molar-refractivity contribution in [3.63, 3.8) is 0 Å². The molecular weight excluding hydrogens is 378 g/mol. The number of anilines is 1.